The predicted molar refractivity (Wildman–Crippen MR) is 101 cm³/mol. The molecule has 0 spiro atoms. The number of nitro groups is 1. The van der Waals surface area contributed by atoms with Crippen molar-refractivity contribution in [1.82, 2.24) is 4.31 Å². The van der Waals surface area contributed by atoms with Crippen molar-refractivity contribution in [2.24, 2.45) is 0 Å². The molecule has 2 aromatic rings. The van der Waals surface area contributed by atoms with E-state index in [2.05, 4.69) is 5.32 Å². The minimum Gasteiger partial charge on any atom is -0.379 e. The van der Waals surface area contributed by atoms with Crippen molar-refractivity contribution in [1.29, 1.82) is 0 Å². The second kappa shape index (κ2) is 8.21. The lowest BCUT2D eigenvalue weighted by Gasteiger charge is -2.27. The Balaban J connectivity index is 1.98. The monoisotopic (exact) mass is 409 g/mol. The zero-order valence-electron chi connectivity index (χ0n) is 15.2. The van der Waals surface area contributed by atoms with Crippen LogP contribution < -0.4 is 5.32 Å². The number of halogens is 1. The molecule has 2 aromatic carbocycles. The Labute approximate surface area is 162 Å². The molecule has 1 unspecified atom stereocenters. The number of sulfonamides is 1. The van der Waals surface area contributed by atoms with Crippen molar-refractivity contribution in [3.05, 3.63) is 64.0 Å². The van der Waals surface area contributed by atoms with Gasteiger partial charge in [-0.1, -0.05) is 12.1 Å². The zero-order chi connectivity index (χ0) is 20.3. The van der Waals surface area contributed by atoms with Gasteiger partial charge in [-0.05, 0) is 30.7 Å². The van der Waals surface area contributed by atoms with Crippen LogP contribution in [-0.2, 0) is 14.8 Å². The fourth-order valence-electron chi connectivity index (χ4n) is 2.95. The van der Waals surface area contributed by atoms with Gasteiger partial charge in [0.15, 0.2) is 0 Å². The first-order valence-corrected chi connectivity index (χ1v) is 10.1. The molecule has 28 heavy (non-hydrogen) atoms. The van der Waals surface area contributed by atoms with Crippen LogP contribution in [0.2, 0.25) is 0 Å². The van der Waals surface area contributed by atoms with Gasteiger partial charge in [-0.2, -0.15) is 4.31 Å². The summed E-state index contributed by atoms with van der Waals surface area (Å²) in [7, 11) is -3.96. The van der Waals surface area contributed by atoms with Crippen LogP contribution in [0.15, 0.2) is 47.4 Å². The summed E-state index contributed by atoms with van der Waals surface area (Å²) in [6.07, 6.45) is 0. The van der Waals surface area contributed by atoms with E-state index in [0.29, 0.717) is 0 Å². The van der Waals surface area contributed by atoms with Crippen LogP contribution in [0.1, 0.15) is 18.5 Å². The van der Waals surface area contributed by atoms with Crippen molar-refractivity contribution < 1.29 is 22.5 Å². The SMILES string of the molecule is CC(Nc1ccc([N+](=O)[O-])cc1S(=O)(=O)N1CCOCC1)c1ccc(F)cc1. The molecule has 0 aliphatic carbocycles. The molecule has 1 aliphatic heterocycles. The highest BCUT2D eigenvalue weighted by Crippen LogP contribution is 2.32. The van der Waals surface area contributed by atoms with Crippen molar-refractivity contribution in [2.45, 2.75) is 17.9 Å². The van der Waals surface area contributed by atoms with Crippen LogP contribution in [0.25, 0.3) is 0 Å². The number of hydrogen-bond acceptors (Lipinski definition) is 6. The van der Waals surface area contributed by atoms with Crippen LogP contribution in [-0.4, -0.2) is 43.9 Å². The van der Waals surface area contributed by atoms with Gasteiger partial charge in [-0.3, -0.25) is 10.1 Å². The van der Waals surface area contributed by atoms with Crippen molar-refractivity contribution in [2.75, 3.05) is 31.6 Å². The van der Waals surface area contributed by atoms with Gasteiger partial charge in [-0.25, -0.2) is 12.8 Å². The second-order valence-corrected chi connectivity index (χ2v) is 8.28. The molecule has 0 radical (unpaired) electrons. The van der Waals surface area contributed by atoms with Crippen molar-refractivity contribution in [3.8, 4) is 0 Å². The maximum Gasteiger partial charge on any atom is 0.270 e. The number of nitro benzene ring substituents is 1. The molecule has 1 atom stereocenters. The smallest absolute Gasteiger partial charge is 0.270 e. The van der Waals surface area contributed by atoms with Gasteiger partial charge in [0, 0.05) is 31.3 Å². The molecule has 1 N–H and O–H groups in total. The van der Waals surface area contributed by atoms with E-state index in [1.54, 1.807) is 19.1 Å². The first-order valence-electron chi connectivity index (χ1n) is 8.67. The number of ether oxygens (including phenoxy) is 1. The fourth-order valence-corrected chi connectivity index (χ4v) is 4.53. The quantitative estimate of drug-likeness (QED) is 0.581. The van der Waals surface area contributed by atoms with E-state index in [-0.39, 0.29) is 54.4 Å². The normalized spacial score (nSPS) is 16.5. The van der Waals surface area contributed by atoms with E-state index in [4.69, 9.17) is 4.74 Å². The third-order valence-electron chi connectivity index (χ3n) is 4.51. The summed E-state index contributed by atoms with van der Waals surface area (Å²) in [5.74, 6) is -0.373. The first kappa shape index (κ1) is 20.2. The van der Waals surface area contributed by atoms with Crippen molar-refractivity contribution >= 4 is 21.4 Å². The molecule has 10 heteroatoms. The molecule has 8 nitrogen and oxygen atoms in total. The summed E-state index contributed by atoms with van der Waals surface area (Å²) in [5.41, 5.74) is 0.676. The molecule has 0 aromatic heterocycles. The van der Waals surface area contributed by atoms with E-state index >= 15 is 0 Å². The third kappa shape index (κ3) is 4.29. The number of morpholine rings is 1. The van der Waals surface area contributed by atoms with Crippen LogP contribution >= 0.6 is 0 Å². The van der Waals surface area contributed by atoms with Gasteiger partial charge < -0.3 is 10.1 Å². The summed E-state index contributed by atoms with van der Waals surface area (Å²) in [5, 5.41) is 14.2. The second-order valence-electron chi connectivity index (χ2n) is 6.37. The highest BCUT2D eigenvalue weighted by Gasteiger charge is 2.30. The number of hydrogen-bond donors (Lipinski definition) is 1. The lowest BCUT2D eigenvalue weighted by molar-refractivity contribution is -0.385. The number of anilines is 1. The average molecular weight is 409 g/mol. The van der Waals surface area contributed by atoms with Gasteiger partial charge in [0.1, 0.15) is 10.7 Å². The highest BCUT2D eigenvalue weighted by molar-refractivity contribution is 7.89. The average Bonchev–Trinajstić information content (AvgIpc) is 2.69. The molecule has 0 saturated carbocycles. The molecule has 1 aliphatic rings. The summed E-state index contributed by atoms with van der Waals surface area (Å²) in [4.78, 5) is 10.4. The van der Waals surface area contributed by atoms with Gasteiger partial charge in [-0.15, -0.1) is 0 Å². The molecule has 1 fully saturated rings. The molecular weight excluding hydrogens is 389 g/mol. The zero-order valence-corrected chi connectivity index (χ0v) is 16.0. The molecule has 1 heterocycles. The van der Waals surface area contributed by atoms with Gasteiger partial charge in [0.05, 0.1) is 23.8 Å². The standard InChI is InChI=1S/C18H20FN3O5S/c1-13(14-2-4-15(19)5-3-14)20-17-7-6-16(22(23)24)12-18(17)28(25,26)21-8-10-27-11-9-21/h2-7,12-13,20H,8-11H2,1H3. The molecular formula is C18H20FN3O5S. The number of nitrogens with one attached hydrogen (secondary N) is 1. The van der Waals surface area contributed by atoms with E-state index in [1.807, 2.05) is 0 Å². The Morgan fingerprint density at radius 1 is 1.18 bits per heavy atom. The van der Waals surface area contributed by atoms with Gasteiger partial charge in [0.2, 0.25) is 10.0 Å². The molecule has 0 amide bonds. The van der Waals surface area contributed by atoms with E-state index < -0.39 is 14.9 Å². The number of nitrogens with zero attached hydrogens (tertiary/aromatic N) is 2. The maximum atomic E-state index is 13.1. The minimum atomic E-state index is -3.96. The van der Waals surface area contributed by atoms with Gasteiger partial charge in [0.25, 0.3) is 5.69 Å². The Bertz CT molecular complexity index is 960. The fraction of sp³-hybridized carbons (Fsp3) is 0.333. The molecule has 1 saturated heterocycles. The van der Waals surface area contributed by atoms with Gasteiger partial charge >= 0.3 is 0 Å². The minimum absolute atomic E-state index is 0.169. The molecule has 3 rings (SSSR count). The predicted octanol–water partition coefficient (Wildman–Crippen LogP) is 2.93. The summed E-state index contributed by atoms with van der Waals surface area (Å²) in [6.45, 7) is 2.68. The van der Waals surface area contributed by atoms with Crippen LogP contribution in [0.3, 0.4) is 0 Å². The lowest BCUT2D eigenvalue weighted by atomic mass is 10.1. The van der Waals surface area contributed by atoms with Crippen LogP contribution in [0, 0.1) is 15.9 Å². The Morgan fingerprint density at radius 2 is 1.82 bits per heavy atom. The summed E-state index contributed by atoms with van der Waals surface area (Å²) < 4.78 is 45.8. The van der Waals surface area contributed by atoms with Crippen LogP contribution in [0.4, 0.5) is 15.8 Å². The van der Waals surface area contributed by atoms with E-state index in [1.165, 1.54) is 28.6 Å². The number of benzene rings is 2. The topological polar surface area (TPSA) is 102 Å². The Kier molecular flexibility index (Phi) is 5.92. The maximum absolute atomic E-state index is 13.1. The summed E-state index contributed by atoms with van der Waals surface area (Å²) >= 11 is 0. The van der Waals surface area contributed by atoms with Crippen molar-refractivity contribution in [3.63, 3.8) is 0 Å². The number of non-ortho nitro benzene ring substituents is 1. The van der Waals surface area contributed by atoms with E-state index in [0.717, 1.165) is 11.6 Å². The molecule has 0 bridgehead atoms. The largest absolute Gasteiger partial charge is 0.379 e. The number of rotatable bonds is 6. The Hall–Kier alpha value is -2.56. The summed E-state index contributed by atoms with van der Waals surface area (Å²) in [6, 6.07) is 9.15. The van der Waals surface area contributed by atoms with Crippen LogP contribution in [0.5, 0.6) is 0 Å². The lowest BCUT2D eigenvalue weighted by Crippen LogP contribution is -2.40. The highest BCUT2D eigenvalue weighted by atomic mass is 32.2. The Morgan fingerprint density at radius 3 is 2.43 bits per heavy atom. The first-order chi connectivity index (χ1) is 13.3. The molecule has 150 valence electrons. The third-order valence-corrected chi connectivity index (χ3v) is 6.44. The van der Waals surface area contributed by atoms with E-state index in [9.17, 15) is 22.9 Å².